The Balaban J connectivity index is 1.58. The van der Waals surface area contributed by atoms with Crippen LogP contribution in [0.25, 0.3) is 11.3 Å². The summed E-state index contributed by atoms with van der Waals surface area (Å²) < 4.78 is 33.3. The summed E-state index contributed by atoms with van der Waals surface area (Å²) in [6.07, 6.45) is 2.77. The molecule has 0 saturated heterocycles. The highest BCUT2D eigenvalue weighted by atomic mass is 35.5. The lowest BCUT2D eigenvalue weighted by molar-refractivity contribution is 0.0688. The van der Waals surface area contributed by atoms with Crippen molar-refractivity contribution in [2.24, 2.45) is 4.99 Å². The number of rotatable bonds is 5. The molecule has 0 spiro atoms. The number of ether oxygens (including phenoxy) is 1. The fourth-order valence-electron chi connectivity index (χ4n) is 3.61. The Morgan fingerprint density at radius 1 is 1.11 bits per heavy atom. The smallest absolute Gasteiger partial charge is 0.231 e. The highest BCUT2D eigenvalue weighted by molar-refractivity contribution is 6.42. The largest absolute Gasteiger partial charge is 0.472 e. The Hall–Kier alpha value is -3.07. The van der Waals surface area contributed by atoms with Crippen LogP contribution in [0.2, 0.25) is 5.02 Å². The van der Waals surface area contributed by atoms with Gasteiger partial charge in [0.15, 0.2) is 5.82 Å². The summed E-state index contributed by atoms with van der Waals surface area (Å²) in [7, 11) is 0. The lowest BCUT2D eigenvalue weighted by Gasteiger charge is -2.30. The van der Waals surface area contributed by atoms with Crippen LogP contribution in [0.3, 0.4) is 0 Å². The molecule has 0 radical (unpaired) electrons. The van der Waals surface area contributed by atoms with Crippen LogP contribution in [0, 0.1) is 18.6 Å². The summed E-state index contributed by atoms with van der Waals surface area (Å²) in [6.45, 7) is 6.45. The van der Waals surface area contributed by atoms with Crippen molar-refractivity contribution < 1.29 is 18.6 Å². The van der Waals surface area contributed by atoms with E-state index in [1.807, 2.05) is 19.1 Å². The van der Waals surface area contributed by atoms with Crippen LogP contribution in [0.15, 0.2) is 58.8 Å². The highest BCUT2D eigenvalue weighted by Crippen LogP contribution is 2.35. The minimum atomic E-state index is -1.19. The van der Waals surface area contributed by atoms with Gasteiger partial charge in [0.2, 0.25) is 5.90 Å². The van der Waals surface area contributed by atoms with Crippen molar-refractivity contribution >= 4 is 34.8 Å². The average Bonchev–Trinajstić information content (AvgIpc) is 2.82. The zero-order valence-electron chi connectivity index (χ0n) is 20.1. The molecule has 0 bridgehead atoms. The summed E-state index contributed by atoms with van der Waals surface area (Å²) in [4.78, 5) is 14.9. The molecule has 1 aromatic heterocycles. The van der Waals surface area contributed by atoms with Crippen LogP contribution in [-0.4, -0.2) is 27.1 Å². The Morgan fingerprint density at radius 3 is 2.58 bits per heavy atom. The van der Waals surface area contributed by atoms with Gasteiger partial charge in [-0.15, -0.1) is 0 Å². The van der Waals surface area contributed by atoms with Crippen LogP contribution >= 0.6 is 23.2 Å². The maximum atomic E-state index is 14.1. The van der Waals surface area contributed by atoms with E-state index in [0.29, 0.717) is 27.8 Å². The van der Waals surface area contributed by atoms with Crippen LogP contribution in [-0.2, 0) is 16.9 Å². The molecular weight excluding hydrogens is 509 g/mol. The second-order valence-corrected chi connectivity index (χ2v) is 9.74. The SMILES string of the molecule is Cc1cc(COC2=NC(C)N(c3cc(-c4ccnc(C(C)(C)O)n4)ccc3Cl)C=C2Cl)c(F)cc1F. The third-order valence-electron chi connectivity index (χ3n) is 5.58. The van der Waals surface area contributed by atoms with Gasteiger partial charge in [-0.3, -0.25) is 0 Å². The van der Waals surface area contributed by atoms with Crippen LogP contribution in [0.4, 0.5) is 14.5 Å². The number of aryl methyl sites for hydroxylation is 1. The topological polar surface area (TPSA) is 70.8 Å². The van der Waals surface area contributed by atoms with E-state index in [9.17, 15) is 13.9 Å². The Bertz CT molecular complexity index is 1370. The van der Waals surface area contributed by atoms with Crippen molar-refractivity contribution in [2.45, 2.75) is 46.1 Å². The van der Waals surface area contributed by atoms with E-state index in [4.69, 9.17) is 27.9 Å². The van der Waals surface area contributed by atoms with Crippen molar-refractivity contribution in [1.82, 2.24) is 9.97 Å². The number of aromatic nitrogens is 2. The van der Waals surface area contributed by atoms with Crippen LogP contribution in [0.5, 0.6) is 0 Å². The molecule has 1 atom stereocenters. The number of hydrogen-bond donors (Lipinski definition) is 1. The van der Waals surface area contributed by atoms with E-state index < -0.39 is 23.4 Å². The van der Waals surface area contributed by atoms with Gasteiger partial charge in [0.25, 0.3) is 0 Å². The Morgan fingerprint density at radius 2 is 1.86 bits per heavy atom. The maximum absolute atomic E-state index is 14.1. The van der Waals surface area contributed by atoms with Crippen molar-refractivity contribution in [1.29, 1.82) is 0 Å². The predicted octanol–water partition coefficient (Wildman–Crippen LogP) is 6.47. The van der Waals surface area contributed by atoms with Gasteiger partial charge in [-0.05, 0) is 57.5 Å². The number of halogens is 4. The molecule has 188 valence electrons. The lowest BCUT2D eigenvalue weighted by atomic mass is 10.1. The molecule has 1 aliphatic heterocycles. The van der Waals surface area contributed by atoms with E-state index in [2.05, 4.69) is 15.0 Å². The fraction of sp³-hybridized carbons (Fsp3) is 0.269. The number of nitrogens with zero attached hydrogens (tertiary/aromatic N) is 4. The normalized spacial score (nSPS) is 16.0. The summed E-state index contributed by atoms with van der Waals surface area (Å²) in [6, 6.07) is 9.36. The molecule has 1 aliphatic rings. The molecule has 36 heavy (non-hydrogen) atoms. The number of aliphatic imine (C=N–C) groups is 1. The first-order chi connectivity index (χ1) is 16.9. The first-order valence-corrected chi connectivity index (χ1v) is 11.9. The minimum absolute atomic E-state index is 0.139. The standard InChI is InChI=1S/C26H24Cl2F2N4O2/c1-14-9-17(21(30)11-20(14)29)13-36-24-19(28)12-34(15(2)32-24)23-10-16(5-6-18(23)27)22-7-8-31-25(33-22)26(3,4)35/h5-12,15,35H,13H2,1-4H3. The van der Waals surface area contributed by atoms with Crippen LogP contribution in [0.1, 0.15) is 37.7 Å². The van der Waals surface area contributed by atoms with Gasteiger partial charge in [-0.1, -0.05) is 29.3 Å². The predicted molar refractivity (Wildman–Crippen MR) is 137 cm³/mol. The third kappa shape index (κ3) is 5.51. The average molecular weight is 533 g/mol. The maximum Gasteiger partial charge on any atom is 0.231 e. The van der Waals surface area contributed by atoms with Gasteiger partial charge in [0, 0.05) is 29.6 Å². The van der Waals surface area contributed by atoms with Crippen molar-refractivity contribution in [3.8, 4) is 11.3 Å². The van der Waals surface area contributed by atoms with E-state index in [0.717, 1.165) is 11.6 Å². The van der Waals surface area contributed by atoms with Crippen LogP contribution < -0.4 is 4.90 Å². The molecule has 2 heterocycles. The number of anilines is 1. The third-order valence-corrected chi connectivity index (χ3v) is 6.16. The monoisotopic (exact) mass is 532 g/mol. The Labute approximate surface area is 217 Å². The van der Waals surface area contributed by atoms with Gasteiger partial charge in [0.1, 0.15) is 35.0 Å². The van der Waals surface area contributed by atoms with E-state index in [-0.39, 0.29) is 23.1 Å². The number of hydrogen-bond acceptors (Lipinski definition) is 6. The molecule has 4 rings (SSSR count). The van der Waals surface area contributed by atoms with Gasteiger partial charge >= 0.3 is 0 Å². The molecule has 10 heteroatoms. The molecule has 0 aliphatic carbocycles. The second kappa shape index (κ2) is 10.1. The van der Waals surface area contributed by atoms with Gasteiger partial charge in [-0.25, -0.2) is 23.7 Å². The first kappa shape index (κ1) is 26.0. The van der Waals surface area contributed by atoms with Gasteiger partial charge in [0.05, 0.1) is 16.4 Å². The zero-order chi connectivity index (χ0) is 26.2. The fourth-order valence-corrected chi connectivity index (χ4v) is 4.04. The molecule has 6 nitrogen and oxygen atoms in total. The molecule has 1 N–H and O–H groups in total. The van der Waals surface area contributed by atoms with Gasteiger partial charge < -0.3 is 14.7 Å². The van der Waals surface area contributed by atoms with E-state index in [1.165, 1.54) is 6.07 Å². The molecule has 2 aromatic carbocycles. The molecule has 0 saturated carbocycles. The van der Waals surface area contributed by atoms with Crippen molar-refractivity contribution in [3.63, 3.8) is 0 Å². The Kier molecular flexibility index (Phi) is 7.31. The number of aliphatic hydroxyl groups is 1. The van der Waals surface area contributed by atoms with Gasteiger partial charge in [-0.2, -0.15) is 0 Å². The summed E-state index contributed by atoms with van der Waals surface area (Å²) in [5.74, 6) is -0.888. The minimum Gasteiger partial charge on any atom is -0.472 e. The molecule has 0 fully saturated rings. The second-order valence-electron chi connectivity index (χ2n) is 8.92. The number of benzene rings is 2. The first-order valence-electron chi connectivity index (χ1n) is 11.1. The van der Waals surface area contributed by atoms with Crippen molar-refractivity contribution in [3.05, 3.63) is 87.4 Å². The van der Waals surface area contributed by atoms with Crippen molar-refractivity contribution in [2.75, 3.05) is 4.90 Å². The molecule has 0 amide bonds. The summed E-state index contributed by atoms with van der Waals surface area (Å²) >= 11 is 13.0. The summed E-state index contributed by atoms with van der Waals surface area (Å²) in [5.41, 5.74) is 1.32. The molecular formula is C26H24Cl2F2N4O2. The highest BCUT2D eigenvalue weighted by Gasteiger charge is 2.25. The summed E-state index contributed by atoms with van der Waals surface area (Å²) in [5, 5.41) is 10.9. The molecule has 3 aromatic rings. The quantitative estimate of drug-likeness (QED) is 0.407. The molecule has 1 unspecified atom stereocenters. The van der Waals surface area contributed by atoms with E-state index >= 15 is 0 Å². The lowest BCUT2D eigenvalue weighted by Crippen LogP contribution is -2.32. The van der Waals surface area contributed by atoms with E-state index in [1.54, 1.807) is 50.2 Å². The zero-order valence-corrected chi connectivity index (χ0v) is 21.6.